The Labute approximate surface area is 166 Å². The summed E-state index contributed by atoms with van der Waals surface area (Å²) in [6.45, 7) is 3.39. The minimum absolute atomic E-state index is 0.467. The molecule has 0 unspecified atom stereocenters. The second-order valence-electron chi connectivity index (χ2n) is 7.69. The van der Waals surface area contributed by atoms with Crippen LogP contribution in [0.2, 0.25) is 0 Å². The summed E-state index contributed by atoms with van der Waals surface area (Å²) in [5, 5.41) is 11.9. The predicted molar refractivity (Wildman–Crippen MR) is 111 cm³/mol. The van der Waals surface area contributed by atoms with Gasteiger partial charge in [-0.25, -0.2) is 9.48 Å². The number of aryl methyl sites for hydroxylation is 1. The third kappa shape index (κ3) is 3.14. The van der Waals surface area contributed by atoms with Crippen molar-refractivity contribution < 1.29 is 19.2 Å². The van der Waals surface area contributed by atoms with Crippen molar-refractivity contribution in [2.45, 2.75) is 38.3 Å². The molecule has 0 bridgehead atoms. The minimum Gasteiger partial charge on any atom is -0.497 e. The van der Waals surface area contributed by atoms with Crippen molar-refractivity contribution in [3.05, 3.63) is 53.6 Å². The fourth-order valence-electron chi connectivity index (χ4n) is 4.37. The Balaban J connectivity index is 1.84. The van der Waals surface area contributed by atoms with Crippen molar-refractivity contribution in [2.75, 3.05) is 32.2 Å². The first-order chi connectivity index (χ1) is 13.6. The van der Waals surface area contributed by atoms with Crippen molar-refractivity contribution in [3.63, 3.8) is 0 Å². The maximum atomic E-state index is 11.9. The fourth-order valence-corrected chi connectivity index (χ4v) is 4.37. The van der Waals surface area contributed by atoms with Crippen LogP contribution in [0.4, 0.5) is 5.69 Å². The fraction of sp³-hybridized carbons (Fsp3) is 0.435. The van der Waals surface area contributed by atoms with Gasteiger partial charge in [0.25, 0.3) is 11.6 Å². The van der Waals surface area contributed by atoms with Crippen molar-refractivity contribution in [3.8, 4) is 11.5 Å². The van der Waals surface area contributed by atoms with Gasteiger partial charge < -0.3 is 14.6 Å². The lowest BCUT2D eigenvalue weighted by molar-refractivity contribution is -0.658. The molecule has 2 aromatic rings. The molecule has 2 aliphatic rings. The predicted octanol–water partition coefficient (Wildman–Crippen LogP) is 3.66. The van der Waals surface area contributed by atoms with Gasteiger partial charge in [-0.2, -0.15) is 0 Å². The maximum absolute atomic E-state index is 11.9. The van der Waals surface area contributed by atoms with Crippen LogP contribution >= 0.6 is 0 Å². The van der Waals surface area contributed by atoms with E-state index in [2.05, 4.69) is 28.5 Å². The molecule has 2 heterocycles. The Morgan fingerprint density at radius 3 is 2.50 bits per heavy atom. The highest BCUT2D eigenvalue weighted by Crippen LogP contribution is 2.40. The SMILES string of the molecule is COc1ccc(OC)c(N2C[C@](O)(c3ccc(C)cc3)[N+]3=C2CCCCC3)c1. The molecule has 0 saturated heterocycles. The average molecular weight is 381 g/mol. The van der Waals surface area contributed by atoms with Crippen molar-refractivity contribution in [1.82, 2.24) is 0 Å². The molecule has 5 heteroatoms. The molecule has 4 rings (SSSR count). The van der Waals surface area contributed by atoms with E-state index >= 15 is 0 Å². The van der Waals surface area contributed by atoms with Crippen molar-refractivity contribution in [1.29, 1.82) is 0 Å². The van der Waals surface area contributed by atoms with Crippen LogP contribution in [-0.4, -0.2) is 42.8 Å². The number of amidine groups is 1. The summed E-state index contributed by atoms with van der Waals surface area (Å²) in [7, 11) is 3.35. The van der Waals surface area contributed by atoms with E-state index in [9.17, 15) is 5.11 Å². The summed E-state index contributed by atoms with van der Waals surface area (Å²) in [6.07, 6.45) is 4.32. The second-order valence-corrected chi connectivity index (χ2v) is 7.69. The lowest BCUT2D eigenvalue weighted by Crippen LogP contribution is -2.41. The lowest BCUT2D eigenvalue weighted by atomic mass is 10.0. The lowest BCUT2D eigenvalue weighted by Gasteiger charge is -2.24. The number of β-amino-alcohol motifs (C(OH)–C–C–N with tert-alkyl or cyclic N) is 1. The van der Waals surface area contributed by atoms with Gasteiger partial charge in [0, 0.05) is 18.1 Å². The number of benzene rings is 2. The summed E-state index contributed by atoms with van der Waals surface area (Å²) < 4.78 is 13.3. The Bertz CT molecular complexity index is 891. The number of nitrogens with zero attached hydrogens (tertiary/aromatic N) is 2. The molecule has 0 radical (unpaired) electrons. The number of methoxy groups -OCH3 is 2. The molecular weight excluding hydrogens is 352 g/mol. The van der Waals surface area contributed by atoms with Crippen LogP contribution in [-0.2, 0) is 5.72 Å². The third-order valence-electron chi connectivity index (χ3n) is 5.92. The molecule has 0 aromatic heterocycles. The van der Waals surface area contributed by atoms with Crippen molar-refractivity contribution in [2.24, 2.45) is 0 Å². The molecule has 0 fully saturated rings. The Kier molecular flexibility index (Phi) is 5.02. The highest BCUT2D eigenvalue weighted by molar-refractivity contribution is 5.97. The van der Waals surface area contributed by atoms with Gasteiger partial charge >= 0.3 is 0 Å². The van der Waals surface area contributed by atoms with E-state index in [1.165, 1.54) is 12.0 Å². The van der Waals surface area contributed by atoms with Crippen LogP contribution in [0.15, 0.2) is 42.5 Å². The average Bonchev–Trinajstić information content (AvgIpc) is 2.87. The summed E-state index contributed by atoms with van der Waals surface area (Å²) in [4.78, 5) is 2.21. The Morgan fingerprint density at radius 1 is 1.00 bits per heavy atom. The van der Waals surface area contributed by atoms with E-state index in [0.29, 0.717) is 6.54 Å². The normalized spacial score (nSPS) is 22.1. The quantitative estimate of drug-likeness (QED) is 0.821. The first-order valence-electron chi connectivity index (χ1n) is 9.99. The number of hydrogen-bond acceptors (Lipinski definition) is 4. The van der Waals surface area contributed by atoms with Crippen LogP contribution in [0.3, 0.4) is 0 Å². The molecule has 0 aliphatic carbocycles. The first-order valence-corrected chi connectivity index (χ1v) is 9.99. The van der Waals surface area contributed by atoms with E-state index in [-0.39, 0.29) is 0 Å². The maximum Gasteiger partial charge on any atom is 0.271 e. The molecule has 1 atom stereocenters. The van der Waals surface area contributed by atoms with Gasteiger partial charge in [0.05, 0.1) is 20.8 Å². The number of ether oxygens (including phenoxy) is 2. The standard InChI is InChI=1S/C23H29N2O3/c1-17-8-10-18(11-9-17)23(26)16-24(22-7-5-4-6-14-25(22)23)20-15-19(27-2)12-13-21(20)28-3/h8-13,15,26H,4-7,14,16H2,1-3H3/q+1/t23-/m0/s1. The summed E-state index contributed by atoms with van der Waals surface area (Å²) in [6, 6.07) is 14.1. The van der Waals surface area contributed by atoms with Gasteiger partial charge in [0.1, 0.15) is 5.75 Å². The van der Waals surface area contributed by atoms with Gasteiger partial charge in [-0.1, -0.05) is 29.8 Å². The molecular formula is C23H29N2O3+. The Morgan fingerprint density at radius 2 is 1.79 bits per heavy atom. The molecule has 0 spiro atoms. The molecule has 0 amide bonds. The van der Waals surface area contributed by atoms with Gasteiger partial charge in [0.15, 0.2) is 18.0 Å². The van der Waals surface area contributed by atoms with E-state index < -0.39 is 5.72 Å². The first kappa shape index (κ1) is 18.8. The molecule has 0 saturated carbocycles. The third-order valence-corrected chi connectivity index (χ3v) is 5.92. The van der Waals surface area contributed by atoms with E-state index in [1.807, 2.05) is 30.3 Å². The van der Waals surface area contributed by atoms with E-state index in [1.54, 1.807) is 14.2 Å². The number of anilines is 1. The van der Waals surface area contributed by atoms with Crippen LogP contribution in [0.25, 0.3) is 0 Å². The van der Waals surface area contributed by atoms with Gasteiger partial charge in [0.2, 0.25) is 0 Å². The van der Waals surface area contributed by atoms with Crippen molar-refractivity contribution >= 4 is 11.5 Å². The topological polar surface area (TPSA) is 44.9 Å². The van der Waals surface area contributed by atoms with Crippen LogP contribution in [0.5, 0.6) is 11.5 Å². The monoisotopic (exact) mass is 381 g/mol. The zero-order valence-corrected chi connectivity index (χ0v) is 16.9. The zero-order chi connectivity index (χ0) is 19.7. The highest BCUT2D eigenvalue weighted by Gasteiger charge is 2.52. The molecule has 5 nitrogen and oxygen atoms in total. The van der Waals surface area contributed by atoms with Gasteiger partial charge in [-0.3, -0.25) is 0 Å². The molecule has 148 valence electrons. The van der Waals surface area contributed by atoms with E-state index in [0.717, 1.165) is 54.4 Å². The van der Waals surface area contributed by atoms with Crippen LogP contribution in [0, 0.1) is 6.92 Å². The number of rotatable bonds is 4. The van der Waals surface area contributed by atoms with Crippen LogP contribution in [0.1, 0.15) is 36.8 Å². The van der Waals surface area contributed by atoms with Gasteiger partial charge in [-0.15, -0.1) is 0 Å². The molecule has 2 aromatic carbocycles. The Hall–Kier alpha value is -2.53. The minimum atomic E-state index is -1.05. The summed E-state index contributed by atoms with van der Waals surface area (Å²) >= 11 is 0. The van der Waals surface area contributed by atoms with E-state index in [4.69, 9.17) is 9.47 Å². The largest absolute Gasteiger partial charge is 0.497 e. The van der Waals surface area contributed by atoms with Crippen LogP contribution < -0.4 is 14.4 Å². The molecule has 28 heavy (non-hydrogen) atoms. The zero-order valence-electron chi connectivity index (χ0n) is 16.9. The van der Waals surface area contributed by atoms with Gasteiger partial charge in [-0.05, 0) is 38.3 Å². The summed E-state index contributed by atoms with van der Waals surface area (Å²) in [5.41, 5.74) is 2.01. The summed E-state index contributed by atoms with van der Waals surface area (Å²) in [5.74, 6) is 2.72. The molecule has 1 N–H and O–H groups in total. The highest BCUT2D eigenvalue weighted by atomic mass is 16.5. The molecule has 2 aliphatic heterocycles. The smallest absolute Gasteiger partial charge is 0.271 e. The number of hydrogen-bond donors (Lipinski definition) is 1. The number of aliphatic hydroxyl groups is 1. The second kappa shape index (κ2) is 7.47.